The van der Waals surface area contributed by atoms with Crippen molar-refractivity contribution in [2.75, 3.05) is 31.6 Å². The first kappa shape index (κ1) is 10.9. The molecule has 2 N–H and O–H groups in total. The Morgan fingerprint density at radius 3 is 3.41 bits per heavy atom. The second-order valence-corrected chi connectivity index (χ2v) is 4.71. The summed E-state index contributed by atoms with van der Waals surface area (Å²) in [6, 6.07) is 0. The smallest absolute Gasteiger partial charge is 0.222 e. The Balaban J connectivity index is 1.62. The predicted octanol–water partition coefficient (Wildman–Crippen LogP) is 0.571. The Kier molecular flexibility index (Phi) is 3.20. The van der Waals surface area contributed by atoms with E-state index in [1.807, 2.05) is 6.20 Å². The molecule has 1 saturated heterocycles. The van der Waals surface area contributed by atoms with Gasteiger partial charge in [0.15, 0.2) is 0 Å². The lowest BCUT2D eigenvalue weighted by molar-refractivity contribution is 0.109. The first-order valence-electron chi connectivity index (χ1n) is 6.29. The van der Waals surface area contributed by atoms with Gasteiger partial charge in [0.25, 0.3) is 0 Å². The second-order valence-electron chi connectivity index (χ2n) is 4.71. The number of hydrogen-bond donors (Lipinski definition) is 2. The summed E-state index contributed by atoms with van der Waals surface area (Å²) >= 11 is 0. The minimum absolute atomic E-state index is 0.655. The zero-order chi connectivity index (χ0) is 11.5. The van der Waals surface area contributed by atoms with Crippen LogP contribution in [-0.4, -0.2) is 36.2 Å². The highest BCUT2D eigenvalue weighted by molar-refractivity contribution is 5.30. The van der Waals surface area contributed by atoms with E-state index in [1.54, 1.807) is 0 Å². The lowest BCUT2D eigenvalue weighted by Crippen LogP contribution is -2.19. The Labute approximate surface area is 101 Å². The van der Waals surface area contributed by atoms with E-state index >= 15 is 0 Å². The molecule has 5 nitrogen and oxygen atoms in total. The average molecular weight is 234 g/mol. The highest BCUT2D eigenvalue weighted by Crippen LogP contribution is 2.15. The van der Waals surface area contributed by atoms with Crippen LogP contribution in [0.15, 0.2) is 6.20 Å². The number of anilines is 1. The monoisotopic (exact) mass is 234 g/mol. The van der Waals surface area contributed by atoms with E-state index in [-0.39, 0.29) is 0 Å². The zero-order valence-electron chi connectivity index (χ0n) is 9.91. The topological polar surface area (TPSA) is 59.1 Å². The largest absolute Gasteiger partial charge is 0.376 e. The maximum atomic E-state index is 5.37. The first-order chi connectivity index (χ1) is 8.42. The molecule has 0 radical (unpaired) electrons. The van der Waals surface area contributed by atoms with E-state index in [0.717, 1.165) is 49.9 Å². The van der Waals surface area contributed by atoms with Gasteiger partial charge in [0, 0.05) is 24.7 Å². The fraction of sp³-hybridized carbons (Fsp3) is 0.667. The van der Waals surface area contributed by atoms with Gasteiger partial charge in [-0.15, -0.1) is 0 Å². The first-order valence-corrected chi connectivity index (χ1v) is 6.29. The molecular formula is C12H18N4O. The van der Waals surface area contributed by atoms with E-state index in [1.165, 1.54) is 6.42 Å². The molecular weight excluding hydrogens is 216 g/mol. The van der Waals surface area contributed by atoms with Gasteiger partial charge in [-0.05, 0) is 25.4 Å². The standard InChI is InChI=1S/C12H18N4O/c1-3-13-5-9(1)6-14-12-15-7-10-8-17-4-2-11(10)16-12/h7,9,13H,1-6,8H2,(H,14,15,16). The maximum Gasteiger partial charge on any atom is 0.222 e. The fourth-order valence-electron chi connectivity index (χ4n) is 2.34. The van der Waals surface area contributed by atoms with Crippen LogP contribution in [0.25, 0.3) is 0 Å². The van der Waals surface area contributed by atoms with Gasteiger partial charge in [0.05, 0.1) is 18.9 Å². The van der Waals surface area contributed by atoms with Crippen LogP contribution < -0.4 is 10.6 Å². The van der Waals surface area contributed by atoms with Crippen LogP contribution in [0.2, 0.25) is 0 Å². The Morgan fingerprint density at radius 2 is 2.53 bits per heavy atom. The normalized spacial score (nSPS) is 23.4. The lowest BCUT2D eigenvalue weighted by Gasteiger charge is -2.16. The van der Waals surface area contributed by atoms with Crippen LogP contribution in [0.4, 0.5) is 5.95 Å². The quantitative estimate of drug-likeness (QED) is 0.800. The van der Waals surface area contributed by atoms with Crippen molar-refractivity contribution in [3.8, 4) is 0 Å². The summed E-state index contributed by atoms with van der Waals surface area (Å²) in [7, 11) is 0. The number of hydrogen-bond acceptors (Lipinski definition) is 5. The van der Waals surface area contributed by atoms with E-state index in [0.29, 0.717) is 12.5 Å². The Morgan fingerprint density at radius 1 is 1.53 bits per heavy atom. The molecule has 2 aliphatic rings. The Hall–Kier alpha value is -1.20. The summed E-state index contributed by atoms with van der Waals surface area (Å²) in [6.07, 6.45) is 4.03. The molecule has 1 aromatic heterocycles. The summed E-state index contributed by atoms with van der Waals surface area (Å²) in [5.41, 5.74) is 2.27. The molecule has 1 unspecified atom stereocenters. The zero-order valence-corrected chi connectivity index (χ0v) is 9.91. The van der Waals surface area contributed by atoms with Crippen molar-refractivity contribution in [2.24, 2.45) is 5.92 Å². The van der Waals surface area contributed by atoms with Crippen molar-refractivity contribution < 1.29 is 4.74 Å². The molecule has 0 bridgehead atoms. The van der Waals surface area contributed by atoms with Crippen molar-refractivity contribution in [3.63, 3.8) is 0 Å². The average Bonchev–Trinajstić information content (AvgIpc) is 2.89. The molecule has 0 aromatic carbocycles. The molecule has 3 heterocycles. The minimum atomic E-state index is 0.655. The third-order valence-electron chi connectivity index (χ3n) is 3.41. The van der Waals surface area contributed by atoms with Gasteiger partial charge in [-0.2, -0.15) is 0 Å². The highest BCUT2D eigenvalue weighted by atomic mass is 16.5. The number of nitrogens with zero attached hydrogens (tertiary/aromatic N) is 2. The number of fused-ring (bicyclic) bond motifs is 1. The third-order valence-corrected chi connectivity index (χ3v) is 3.41. The molecule has 92 valence electrons. The molecule has 0 spiro atoms. The van der Waals surface area contributed by atoms with E-state index in [4.69, 9.17) is 4.74 Å². The van der Waals surface area contributed by atoms with Crippen LogP contribution in [-0.2, 0) is 17.8 Å². The van der Waals surface area contributed by atoms with Crippen LogP contribution in [0, 0.1) is 5.92 Å². The molecule has 0 amide bonds. The Bertz CT molecular complexity index is 390. The summed E-state index contributed by atoms with van der Waals surface area (Å²) < 4.78 is 5.37. The van der Waals surface area contributed by atoms with Gasteiger partial charge < -0.3 is 15.4 Å². The number of ether oxygens (including phenoxy) is 1. The number of nitrogens with one attached hydrogen (secondary N) is 2. The van der Waals surface area contributed by atoms with E-state index < -0.39 is 0 Å². The van der Waals surface area contributed by atoms with Gasteiger partial charge in [-0.25, -0.2) is 9.97 Å². The van der Waals surface area contributed by atoms with E-state index in [9.17, 15) is 0 Å². The third kappa shape index (κ3) is 2.56. The molecule has 1 aromatic rings. The van der Waals surface area contributed by atoms with Crippen LogP contribution in [0.5, 0.6) is 0 Å². The van der Waals surface area contributed by atoms with Crippen molar-refractivity contribution in [2.45, 2.75) is 19.4 Å². The molecule has 0 saturated carbocycles. The van der Waals surface area contributed by atoms with Crippen molar-refractivity contribution in [1.29, 1.82) is 0 Å². The summed E-state index contributed by atoms with van der Waals surface area (Å²) in [6.45, 7) is 4.63. The predicted molar refractivity (Wildman–Crippen MR) is 64.9 cm³/mol. The van der Waals surface area contributed by atoms with Crippen molar-refractivity contribution >= 4 is 5.95 Å². The molecule has 1 fully saturated rings. The fourth-order valence-corrected chi connectivity index (χ4v) is 2.34. The van der Waals surface area contributed by atoms with Crippen molar-refractivity contribution in [3.05, 3.63) is 17.5 Å². The summed E-state index contributed by atoms with van der Waals surface area (Å²) in [5.74, 6) is 1.47. The molecule has 0 aliphatic carbocycles. The van der Waals surface area contributed by atoms with Gasteiger partial charge >= 0.3 is 0 Å². The summed E-state index contributed by atoms with van der Waals surface area (Å²) in [5, 5.41) is 6.69. The highest BCUT2D eigenvalue weighted by Gasteiger charge is 2.15. The SMILES string of the molecule is c1nc(NCC2CCNC2)nc2c1COCC2. The van der Waals surface area contributed by atoms with Gasteiger partial charge in [-0.3, -0.25) is 0 Å². The van der Waals surface area contributed by atoms with Gasteiger partial charge in [-0.1, -0.05) is 0 Å². The van der Waals surface area contributed by atoms with E-state index in [2.05, 4.69) is 20.6 Å². The van der Waals surface area contributed by atoms with Gasteiger partial charge in [0.2, 0.25) is 5.95 Å². The molecule has 2 aliphatic heterocycles. The lowest BCUT2D eigenvalue weighted by atomic mass is 10.1. The van der Waals surface area contributed by atoms with Gasteiger partial charge in [0.1, 0.15) is 0 Å². The molecule has 3 rings (SSSR count). The number of aromatic nitrogens is 2. The van der Waals surface area contributed by atoms with Crippen LogP contribution in [0.3, 0.4) is 0 Å². The molecule has 5 heteroatoms. The summed E-state index contributed by atoms with van der Waals surface area (Å²) in [4.78, 5) is 8.88. The molecule has 1 atom stereocenters. The second kappa shape index (κ2) is 4.98. The van der Waals surface area contributed by atoms with Crippen LogP contribution in [0.1, 0.15) is 17.7 Å². The van der Waals surface area contributed by atoms with Crippen molar-refractivity contribution in [1.82, 2.24) is 15.3 Å². The molecule has 17 heavy (non-hydrogen) atoms. The van der Waals surface area contributed by atoms with Crippen LogP contribution >= 0.6 is 0 Å². The minimum Gasteiger partial charge on any atom is -0.376 e. The maximum absolute atomic E-state index is 5.37. The number of rotatable bonds is 3.